The van der Waals surface area contributed by atoms with Crippen molar-refractivity contribution in [2.45, 2.75) is 44.9 Å². The minimum Gasteiger partial charge on any atom is -0.391 e. The molecule has 1 atom stereocenters. The van der Waals surface area contributed by atoms with Gasteiger partial charge < -0.3 is 10.0 Å². The van der Waals surface area contributed by atoms with Gasteiger partial charge in [-0.15, -0.1) is 0 Å². The summed E-state index contributed by atoms with van der Waals surface area (Å²) in [5.41, 5.74) is 1.87. The van der Waals surface area contributed by atoms with E-state index in [4.69, 9.17) is 9.97 Å². The number of fused-ring (bicyclic) bond motifs is 3. The van der Waals surface area contributed by atoms with Crippen molar-refractivity contribution in [1.82, 2.24) is 19.6 Å². The summed E-state index contributed by atoms with van der Waals surface area (Å²) in [4.78, 5) is 11.7. The quantitative estimate of drug-likeness (QED) is 0.377. The predicted molar refractivity (Wildman–Crippen MR) is 111 cm³/mol. The van der Waals surface area contributed by atoms with Crippen molar-refractivity contribution in [2.75, 3.05) is 23.7 Å². The average molecular weight is 438 g/mol. The molecule has 1 aliphatic rings. The smallest absolute Gasteiger partial charge is 0.190 e. The van der Waals surface area contributed by atoms with Gasteiger partial charge in [0.2, 0.25) is 0 Å². The molecule has 26 heavy (non-hydrogen) atoms. The fourth-order valence-electron chi connectivity index (χ4n) is 3.20. The Morgan fingerprint density at radius 3 is 2.88 bits per heavy atom. The lowest BCUT2D eigenvalue weighted by molar-refractivity contribution is 0.154. The van der Waals surface area contributed by atoms with Crippen LogP contribution in [0.25, 0.3) is 16.4 Å². The molecule has 0 bridgehead atoms. The third-order valence-electron chi connectivity index (χ3n) is 4.22. The number of aromatic nitrogens is 4. The number of aliphatic hydroxyl groups is 1. The van der Waals surface area contributed by atoms with Gasteiger partial charge in [0.15, 0.2) is 5.16 Å². The number of halogens is 1. The van der Waals surface area contributed by atoms with Gasteiger partial charge >= 0.3 is 0 Å². The number of anilines is 1. The lowest BCUT2D eigenvalue weighted by Gasteiger charge is -2.32. The van der Waals surface area contributed by atoms with E-state index in [2.05, 4.69) is 32.9 Å². The maximum absolute atomic E-state index is 10.1. The lowest BCUT2D eigenvalue weighted by atomic mass is 10.1. The fraction of sp³-hybridized carbons (Fsp3) is 0.500. The highest BCUT2D eigenvalue weighted by Gasteiger charge is 2.23. The molecule has 6 nitrogen and oxygen atoms in total. The topological polar surface area (TPSA) is 66.5 Å². The molecule has 4 rings (SSSR count). The van der Waals surface area contributed by atoms with E-state index in [0.717, 1.165) is 57.1 Å². The van der Waals surface area contributed by atoms with Crippen molar-refractivity contribution in [3.63, 3.8) is 0 Å². The van der Waals surface area contributed by atoms with Gasteiger partial charge in [0.05, 0.1) is 28.7 Å². The largest absolute Gasteiger partial charge is 0.391 e. The number of piperidine rings is 1. The number of β-amino-alcohol motifs (C(OH)–C–C–N with tert-alkyl or cyclic N) is 1. The fourth-order valence-corrected chi connectivity index (χ4v) is 4.27. The van der Waals surface area contributed by atoms with Crippen LogP contribution < -0.4 is 4.90 Å². The molecule has 1 fully saturated rings. The van der Waals surface area contributed by atoms with Gasteiger partial charge in [-0.2, -0.15) is 5.10 Å². The van der Waals surface area contributed by atoms with Gasteiger partial charge in [0.1, 0.15) is 10.4 Å². The molecule has 8 heteroatoms. The van der Waals surface area contributed by atoms with Crippen molar-refractivity contribution in [1.29, 1.82) is 0 Å². The maximum atomic E-state index is 10.1. The minimum absolute atomic E-state index is 0.303. The van der Waals surface area contributed by atoms with Gasteiger partial charge in [0, 0.05) is 13.1 Å². The number of nitrogens with zero attached hydrogens (tertiary/aromatic N) is 5. The van der Waals surface area contributed by atoms with Crippen LogP contribution in [0.15, 0.2) is 28.1 Å². The molecule has 0 aliphatic carbocycles. The number of rotatable bonds is 3. The van der Waals surface area contributed by atoms with Gasteiger partial charge in [0.25, 0.3) is 0 Å². The summed E-state index contributed by atoms with van der Waals surface area (Å²) in [5, 5.41) is 16.2. The van der Waals surface area contributed by atoms with E-state index in [0.29, 0.717) is 6.54 Å². The third-order valence-corrected chi connectivity index (χ3v) is 5.52. The van der Waals surface area contributed by atoms with Crippen molar-refractivity contribution in [3.05, 3.63) is 22.9 Å². The number of thioether (sulfide) groups is 1. The van der Waals surface area contributed by atoms with Crippen LogP contribution in [0.1, 0.15) is 33.6 Å². The van der Waals surface area contributed by atoms with E-state index in [-0.39, 0.29) is 6.10 Å². The lowest BCUT2D eigenvalue weighted by Crippen LogP contribution is -2.39. The number of hydrogen-bond donors (Lipinski definition) is 1. The highest BCUT2D eigenvalue weighted by Crippen LogP contribution is 2.33. The second-order valence-electron chi connectivity index (χ2n) is 5.86. The van der Waals surface area contributed by atoms with Crippen molar-refractivity contribution in [2.24, 2.45) is 0 Å². The van der Waals surface area contributed by atoms with Gasteiger partial charge in [-0.05, 0) is 46.7 Å². The molecular weight excluding hydrogens is 414 g/mol. The average Bonchev–Trinajstić information content (AvgIpc) is 3.13. The molecule has 0 radical (unpaired) electrons. The van der Waals surface area contributed by atoms with E-state index in [9.17, 15) is 5.11 Å². The summed E-state index contributed by atoms with van der Waals surface area (Å²) in [6.45, 7) is 7.60. The summed E-state index contributed by atoms with van der Waals surface area (Å²) in [5.74, 6) is 1.82. The van der Waals surface area contributed by atoms with Crippen LogP contribution in [0.5, 0.6) is 0 Å². The van der Waals surface area contributed by atoms with Crippen LogP contribution >= 0.6 is 27.7 Å². The van der Waals surface area contributed by atoms with E-state index in [1.807, 2.05) is 30.5 Å². The minimum atomic E-state index is -0.303. The monoisotopic (exact) mass is 437 g/mol. The molecule has 0 saturated carbocycles. The zero-order valence-electron chi connectivity index (χ0n) is 15.3. The molecule has 1 N–H and O–H groups in total. The molecule has 0 aromatic carbocycles. The van der Waals surface area contributed by atoms with Gasteiger partial charge in [-0.1, -0.05) is 32.5 Å². The highest BCUT2D eigenvalue weighted by molar-refractivity contribution is 9.10. The van der Waals surface area contributed by atoms with Crippen molar-refractivity contribution < 1.29 is 5.11 Å². The standard InChI is InChI=1S/C16H18BrN5OS.C2H6/c1-2-24-16-19-11-8-13(17)22-12(5-6-18-22)14(11)15(20-16)21-7-3-4-10(23)9-21;1-2/h5-6,8,10,23H,2-4,7,9H2,1H3;1-2H3. The molecule has 1 unspecified atom stereocenters. The zero-order chi connectivity index (χ0) is 18.7. The normalized spacial score (nSPS) is 17.4. The Morgan fingerprint density at radius 1 is 1.35 bits per heavy atom. The third kappa shape index (κ3) is 3.68. The first kappa shape index (κ1) is 19.4. The van der Waals surface area contributed by atoms with Crippen LogP contribution in [0.2, 0.25) is 0 Å². The SMILES string of the molecule is CC.CCSc1nc(N2CCCC(O)C2)c2c(cc(Br)n3nccc23)n1. The summed E-state index contributed by atoms with van der Waals surface area (Å²) in [6.07, 6.45) is 3.30. The predicted octanol–water partition coefficient (Wildman–Crippen LogP) is 4.14. The first-order valence-corrected chi connectivity index (χ1v) is 10.8. The summed E-state index contributed by atoms with van der Waals surface area (Å²) in [6, 6.07) is 3.97. The first-order chi connectivity index (χ1) is 12.7. The van der Waals surface area contributed by atoms with E-state index < -0.39 is 0 Å². The molecule has 3 aromatic rings. The van der Waals surface area contributed by atoms with E-state index in [1.165, 1.54) is 0 Å². The van der Waals surface area contributed by atoms with Crippen LogP contribution in [0.3, 0.4) is 0 Å². The number of aliphatic hydroxyl groups excluding tert-OH is 1. The maximum Gasteiger partial charge on any atom is 0.190 e. The second-order valence-corrected chi connectivity index (χ2v) is 7.90. The number of hydrogen-bond acceptors (Lipinski definition) is 6. The zero-order valence-corrected chi connectivity index (χ0v) is 17.7. The Balaban J connectivity index is 0.000000948. The molecular formula is C18H24BrN5OS. The molecule has 1 aliphatic heterocycles. The molecule has 4 heterocycles. The second kappa shape index (κ2) is 8.54. The van der Waals surface area contributed by atoms with Crippen molar-refractivity contribution in [3.8, 4) is 0 Å². The van der Waals surface area contributed by atoms with Crippen LogP contribution in [-0.4, -0.2) is 49.6 Å². The Bertz CT molecular complexity index is 900. The van der Waals surface area contributed by atoms with Crippen LogP contribution in [0, 0.1) is 0 Å². The summed E-state index contributed by atoms with van der Waals surface area (Å²) in [7, 11) is 0. The van der Waals surface area contributed by atoms with E-state index in [1.54, 1.807) is 18.0 Å². The first-order valence-electron chi connectivity index (χ1n) is 9.07. The summed E-state index contributed by atoms with van der Waals surface area (Å²) >= 11 is 5.20. The van der Waals surface area contributed by atoms with Gasteiger partial charge in [-0.3, -0.25) is 0 Å². The van der Waals surface area contributed by atoms with Crippen LogP contribution in [-0.2, 0) is 0 Å². The molecule has 1 saturated heterocycles. The number of pyridine rings is 1. The molecule has 0 spiro atoms. The van der Waals surface area contributed by atoms with Crippen LogP contribution in [0.4, 0.5) is 5.82 Å². The Hall–Kier alpha value is -1.38. The molecule has 140 valence electrons. The Kier molecular flexibility index (Phi) is 6.37. The molecule has 0 amide bonds. The Labute approximate surface area is 166 Å². The van der Waals surface area contributed by atoms with Gasteiger partial charge in [-0.25, -0.2) is 14.5 Å². The summed E-state index contributed by atoms with van der Waals surface area (Å²) < 4.78 is 2.72. The highest BCUT2D eigenvalue weighted by atomic mass is 79.9. The van der Waals surface area contributed by atoms with Crippen molar-refractivity contribution >= 4 is 49.9 Å². The van der Waals surface area contributed by atoms with E-state index >= 15 is 0 Å². The Morgan fingerprint density at radius 2 is 2.15 bits per heavy atom. The molecule has 3 aromatic heterocycles.